The monoisotopic (exact) mass is 345 g/mol. The Balaban J connectivity index is 1.65. The molecule has 6 heteroatoms. The van der Waals surface area contributed by atoms with Crippen molar-refractivity contribution in [2.24, 2.45) is 0 Å². The topological polar surface area (TPSA) is 45.7 Å². The van der Waals surface area contributed by atoms with E-state index in [0.29, 0.717) is 36.2 Å². The fraction of sp³-hybridized carbons (Fsp3) is 0.474. The third kappa shape index (κ3) is 4.32. The molecule has 1 amide bonds. The van der Waals surface area contributed by atoms with Crippen molar-refractivity contribution < 1.29 is 13.9 Å². The second kappa shape index (κ2) is 7.89. The molecular formula is C19H24FN3O2. The predicted molar refractivity (Wildman–Crippen MR) is 95.1 cm³/mol. The summed E-state index contributed by atoms with van der Waals surface area (Å²) in [5.74, 6) is -0.561. The number of carbonyl (C=O) groups excluding carboxylic acids is 1. The van der Waals surface area contributed by atoms with Crippen LogP contribution >= 0.6 is 0 Å². The SMILES string of the molecule is CC(C)OCCN1CCN(C(=O)c2cc(F)cc3cccnc23)CC1. The second-order valence-corrected chi connectivity index (χ2v) is 6.58. The number of aromatic nitrogens is 1. The van der Waals surface area contributed by atoms with Crippen LogP contribution in [-0.2, 0) is 4.74 Å². The summed E-state index contributed by atoms with van der Waals surface area (Å²) in [6, 6.07) is 6.22. The van der Waals surface area contributed by atoms with Crippen LogP contribution in [0.2, 0.25) is 0 Å². The molecule has 1 saturated heterocycles. The van der Waals surface area contributed by atoms with Crippen LogP contribution in [0.5, 0.6) is 0 Å². The minimum Gasteiger partial charge on any atom is -0.377 e. The number of pyridine rings is 1. The number of carbonyl (C=O) groups is 1. The van der Waals surface area contributed by atoms with Crippen molar-refractivity contribution in [3.63, 3.8) is 0 Å². The van der Waals surface area contributed by atoms with Crippen molar-refractivity contribution in [3.05, 3.63) is 41.8 Å². The molecule has 5 nitrogen and oxygen atoms in total. The van der Waals surface area contributed by atoms with E-state index in [9.17, 15) is 9.18 Å². The number of halogens is 1. The summed E-state index contributed by atoms with van der Waals surface area (Å²) >= 11 is 0. The van der Waals surface area contributed by atoms with E-state index < -0.39 is 5.82 Å². The molecule has 25 heavy (non-hydrogen) atoms. The Morgan fingerprint density at radius 3 is 2.76 bits per heavy atom. The fourth-order valence-corrected chi connectivity index (χ4v) is 3.08. The van der Waals surface area contributed by atoms with Gasteiger partial charge in [-0.3, -0.25) is 14.7 Å². The molecule has 2 heterocycles. The van der Waals surface area contributed by atoms with Gasteiger partial charge in [-0.2, -0.15) is 0 Å². The van der Waals surface area contributed by atoms with Crippen LogP contribution in [0.4, 0.5) is 4.39 Å². The Morgan fingerprint density at radius 1 is 1.28 bits per heavy atom. The molecule has 0 N–H and O–H groups in total. The van der Waals surface area contributed by atoms with E-state index in [1.54, 1.807) is 23.2 Å². The van der Waals surface area contributed by atoms with E-state index in [4.69, 9.17) is 4.74 Å². The zero-order valence-corrected chi connectivity index (χ0v) is 14.7. The molecule has 3 rings (SSSR count). The normalized spacial score (nSPS) is 15.9. The fourth-order valence-electron chi connectivity index (χ4n) is 3.08. The highest BCUT2D eigenvalue weighted by Gasteiger charge is 2.24. The largest absolute Gasteiger partial charge is 0.377 e. The van der Waals surface area contributed by atoms with Crippen LogP contribution in [0.15, 0.2) is 30.5 Å². The van der Waals surface area contributed by atoms with Crippen molar-refractivity contribution in [3.8, 4) is 0 Å². The van der Waals surface area contributed by atoms with Gasteiger partial charge < -0.3 is 9.64 Å². The molecule has 0 unspecified atom stereocenters. The Labute approximate surface area is 147 Å². The first-order chi connectivity index (χ1) is 12.0. The van der Waals surface area contributed by atoms with Crippen molar-refractivity contribution in [2.75, 3.05) is 39.3 Å². The number of hydrogen-bond donors (Lipinski definition) is 0. The molecule has 0 spiro atoms. The lowest BCUT2D eigenvalue weighted by Crippen LogP contribution is -2.49. The van der Waals surface area contributed by atoms with Crippen molar-refractivity contribution in [1.29, 1.82) is 0 Å². The average Bonchev–Trinajstić information content (AvgIpc) is 2.60. The second-order valence-electron chi connectivity index (χ2n) is 6.58. The van der Waals surface area contributed by atoms with E-state index in [-0.39, 0.29) is 12.0 Å². The van der Waals surface area contributed by atoms with Crippen LogP contribution in [0.3, 0.4) is 0 Å². The summed E-state index contributed by atoms with van der Waals surface area (Å²) in [7, 11) is 0. The number of fused-ring (bicyclic) bond motifs is 1. The first kappa shape index (κ1) is 17.8. The van der Waals surface area contributed by atoms with Crippen molar-refractivity contribution in [2.45, 2.75) is 20.0 Å². The predicted octanol–water partition coefficient (Wildman–Crippen LogP) is 2.56. The van der Waals surface area contributed by atoms with Gasteiger partial charge in [0.1, 0.15) is 5.82 Å². The van der Waals surface area contributed by atoms with Gasteiger partial charge >= 0.3 is 0 Å². The van der Waals surface area contributed by atoms with Gasteiger partial charge in [0, 0.05) is 44.3 Å². The maximum Gasteiger partial charge on any atom is 0.256 e. The number of rotatable bonds is 5. The first-order valence-corrected chi connectivity index (χ1v) is 8.72. The molecule has 0 radical (unpaired) electrons. The number of amides is 1. The maximum absolute atomic E-state index is 13.9. The average molecular weight is 345 g/mol. The van der Waals surface area contributed by atoms with Crippen LogP contribution in [0.1, 0.15) is 24.2 Å². The van der Waals surface area contributed by atoms with Gasteiger partial charge in [-0.1, -0.05) is 6.07 Å². The maximum atomic E-state index is 13.9. The molecule has 1 aromatic carbocycles. The highest BCUT2D eigenvalue weighted by molar-refractivity contribution is 6.05. The van der Waals surface area contributed by atoms with Gasteiger partial charge in [-0.25, -0.2) is 4.39 Å². The van der Waals surface area contributed by atoms with E-state index >= 15 is 0 Å². The number of nitrogens with zero attached hydrogens (tertiary/aromatic N) is 3. The Bertz CT molecular complexity index is 743. The zero-order chi connectivity index (χ0) is 17.8. The lowest BCUT2D eigenvalue weighted by Gasteiger charge is -2.34. The minimum absolute atomic E-state index is 0.152. The highest BCUT2D eigenvalue weighted by atomic mass is 19.1. The standard InChI is InChI=1S/C19H24FN3O2/c1-14(2)25-11-10-22-6-8-23(9-7-22)19(24)17-13-16(20)12-15-4-3-5-21-18(15)17/h3-5,12-14H,6-11H2,1-2H3. The molecule has 1 fully saturated rings. The summed E-state index contributed by atoms with van der Waals surface area (Å²) in [6.07, 6.45) is 1.86. The van der Waals surface area contributed by atoms with E-state index in [1.165, 1.54) is 12.1 Å². The first-order valence-electron chi connectivity index (χ1n) is 8.72. The summed E-state index contributed by atoms with van der Waals surface area (Å²) in [5, 5.41) is 0.648. The van der Waals surface area contributed by atoms with Gasteiger partial charge in [0.15, 0.2) is 0 Å². The summed E-state index contributed by atoms with van der Waals surface area (Å²) in [6.45, 7) is 8.47. The third-order valence-electron chi connectivity index (χ3n) is 4.42. The minimum atomic E-state index is -0.409. The third-order valence-corrected chi connectivity index (χ3v) is 4.42. The van der Waals surface area contributed by atoms with E-state index in [2.05, 4.69) is 9.88 Å². The molecule has 0 atom stereocenters. The van der Waals surface area contributed by atoms with Gasteiger partial charge in [0.25, 0.3) is 5.91 Å². The molecule has 0 bridgehead atoms. The Hall–Kier alpha value is -2.05. The smallest absolute Gasteiger partial charge is 0.256 e. The zero-order valence-electron chi connectivity index (χ0n) is 14.7. The molecule has 0 aliphatic carbocycles. The van der Waals surface area contributed by atoms with Crippen LogP contribution in [0, 0.1) is 5.82 Å². The van der Waals surface area contributed by atoms with Gasteiger partial charge in [0.05, 0.1) is 23.8 Å². The van der Waals surface area contributed by atoms with E-state index in [0.717, 1.165) is 19.6 Å². The van der Waals surface area contributed by atoms with Crippen LogP contribution in [0.25, 0.3) is 10.9 Å². The molecule has 2 aromatic rings. The van der Waals surface area contributed by atoms with Crippen molar-refractivity contribution in [1.82, 2.24) is 14.8 Å². The number of ether oxygens (including phenoxy) is 1. The van der Waals surface area contributed by atoms with E-state index in [1.807, 2.05) is 13.8 Å². The molecule has 1 aliphatic rings. The molecule has 1 aliphatic heterocycles. The molecule has 1 aromatic heterocycles. The van der Waals surface area contributed by atoms with Gasteiger partial charge in [-0.15, -0.1) is 0 Å². The Morgan fingerprint density at radius 2 is 2.04 bits per heavy atom. The summed E-state index contributed by atoms with van der Waals surface area (Å²) in [5.41, 5.74) is 0.897. The number of hydrogen-bond acceptors (Lipinski definition) is 4. The summed E-state index contributed by atoms with van der Waals surface area (Å²) < 4.78 is 19.4. The van der Waals surface area contributed by atoms with Gasteiger partial charge in [-0.05, 0) is 32.0 Å². The molecular weight excluding hydrogens is 321 g/mol. The molecule has 0 saturated carbocycles. The Kier molecular flexibility index (Phi) is 5.60. The quantitative estimate of drug-likeness (QED) is 0.835. The van der Waals surface area contributed by atoms with Gasteiger partial charge in [0.2, 0.25) is 0 Å². The number of piperazine rings is 1. The van der Waals surface area contributed by atoms with Crippen molar-refractivity contribution >= 4 is 16.8 Å². The number of benzene rings is 1. The molecule has 134 valence electrons. The highest BCUT2D eigenvalue weighted by Crippen LogP contribution is 2.20. The van der Waals surface area contributed by atoms with Crippen LogP contribution in [-0.4, -0.2) is 66.1 Å². The lowest BCUT2D eigenvalue weighted by molar-refractivity contribution is 0.0407. The lowest BCUT2D eigenvalue weighted by atomic mass is 10.1. The van der Waals surface area contributed by atoms with Crippen LogP contribution < -0.4 is 0 Å². The summed E-state index contributed by atoms with van der Waals surface area (Å²) in [4.78, 5) is 21.2.